The number of para-hydroxylation sites is 1. The highest BCUT2D eigenvalue weighted by molar-refractivity contribution is 7.89. The van der Waals surface area contributed by atoms with Crippen LogP contribution in [0.5, 0.6) is 11.5 Å². The smallest absolute Gasteiger partial charge is 0.244 e. The van der Waals surface area contributed by atoms with E-state index in [1.165, 1.54) is 31.3 Å². The van der Waals surface area contributed by atoms with Crippen molar-refractivity contribution in [2.45, 2.75) is 4.90 Å². The first kappa shape index (κ1) is 18.8. The maximum atomic E-state index is 12.5. The van der Waals surface area contributed by atoms with Crippen molar-refractivity contribution in [2.24, 2.45) is 0 Å². The molecule has 2 aromatic carbocycles. The zero-order chi connectivity index (χ0) is 18.4. The Morgan fingerprint density at radius 3 is 2.36 bits per heavy atom. The van der Waals surface area contributed by atoms with Gasteiger partial charge in [-0.15, -0.1) is 0 Å². The zero-order valence-electron chi connectivity index (χ0n) is 14.2. The van der Waals surface area contributed by atoms with Gasteiger partial charge in [0.05, 0.1) is 20.8 Å². The largest absolute Gasteiger partial charge is 0.497 e. The lowest BCUT2D eigenvalue weighted by Crippen LogP contribution is -2.38. The van der Waals surface area contributed by atoms with Crippen molar-refractivity contribution < 1.29 is 22.7 Å². The molecule has 7 nitrogen and oxygen atoms in total. The second kappa shape index (κ2) is 8.00. The summed E-state index contributed by atoms with van der Waals surface area (Å²) in [7, 11) is 0.437. The van der Waals surface area contributed by atoms with Gasteiger partial charge < -0.3 is 14.4 Å². The van der Waals surface area contributed by atoms with Gasteiger partial charge in [0.2, 0.25) is 15.9 Å². The lowest BCUT2D eigenvalue weighted by atomic mass is 10.3. The molecular formula is C17H20N2O5S. The number of amides is 1. The number of methoxy groups -OCH3 is 2. The molecule has 0 aliphatic heterocycles. The highest BCUT2D eigenvalue weighted by atomic mass is 32.2. The fourth-order valence-corrected chi connectivity index (χ4v) is 3.30. The Hall–Kier alpha value is -2.58. The molecule has 0 aliphatic rings. The number of ether oxygens (including phenoxy) is 2. The molecule has 0 aliphatic carbocycles. The number of anilines is 1. The summed E-state index contributed by atoms with van der Waals surface area (Å²) in [5.74, 6) is 0.141. The third kappa shape index (κ3) is 4.49. The summed E-state index contributed by atoms with van der Waals surface area (Å²) in [6, 6.07) is 13.4. The number of carbonyl (C=O) groups is 1. The second-order valence-corrected chi connectivity index (χ2v) is 6.87. The minimum absolute atomic E-state index is 0.0930. The summed E-state index contributed by atoms with van der Waals surface area (Å²) in [5.41, 5.74) is 0.672. The molecule has 0 bridgehead atoms. The Labute approximate surface area is 147 Å². The third-order valence-electron chi connectivity index (χ3n) is 3.59. The SMILES string of the molecule is COc1ccc(OC)c(S(=O)(=O)NCC(=O)N(C)c2ccccc2)c1. The highest BCUT2D eigenvalue weighted by Gasteiger charge is 2.22. The van der Waals surface area contributed by atoms with E-state index in [4.69, 9.17) is 9.47 Å². The first-order valence-corrected chi connectivity index (χ1v) is 8.90. The number of carbonyl (C=O) groups excluding carboxylic acids is 1. The Morgan fingerprint density at radius 1 is 1.08 bits per heavy atom. The summed E-state index contributed by atoms with van der Waals surface area (Å²) in [6.07, 6.45) is 0. The van der Waals surface area contributed by atoms with Crippen LogP contribution in [-0.4, -0.2) is 42.1 Å². The van der Waals surface area contributed by atoms with Gasteiger partial charge in [0.15, 0.2) is 0 Å². The van der Waals surface area contributed by atoms with Crippen molar-refractivity contribution in [1.29, 1.82) is 0 Å². The molecule has 0 heterocycles. The molecule has 25 heavy (non-hydrogen) atoms. The number of likely N-dealkylation sites (N-methyl/N-ethyl adjacent to an activating group) is 1. The van der Waals surface area contributed by atoms with Gasteiger partial charge in [-0.3, -0.25) is 4.79 Å². The van der Waals surface area contributed by atoms with Gasteiger partial charge in [0.1, 0.15) is 16.4 Å². The molecule has 0 saturated heterocycles. The van der Waals surface area contributed by atoms with Gasteiger partial charge in [-0.1, -0.05) is 18.2 Å². The van der Waals surface area contributed by atoms with Crippen molar-refractivity contribution in [2.75, 3.05) is 32.7 Å². The van der Waals surface area contributed by atoms with E-state index in [1.807, 2.05) is 6.07 Å². The molecule has 8 heteroatoms. The van der Waals surface area contributed by atoms with Gasteiger partial charge >= 0.3 is 0 Å². The highest BCUT2D eigenvalue weighted by Crippen LogP contribution is 2.27. The molecule has 0 unspecified atom stereocenters. The average molecular weight is 364 g/mol. The number of rotatable bonds is 7. The van der Waals surface area contributed by atoms with Gasteiger partial charge in [0, 0.05) is 18.8 Å². The number of hydrogen-bond donors (Lipinski definition) is 1. The first-order chi connectivity index (χ1) is 11.9. The fraction of sp³-hybridized carbons (Fsp3) is 0.235. The predicted octanol–water partition coefficient (Wildman–Crippen LogP) is 1.65. The van der Waals surface area contributed by atoms with E-state index in [-0.39, 0.29) is 17.2 Å². The molecule has 2 aromatic rings. The molecular weight excluding hydrogens is 344 g/mol. The molecule has 0 radical (unpaired) electrons. The van der Waals surface area contributed by atoms with Crippen LogP contribution in [0.25, 0.3) is 0 Å². The van der Waals surface area contributed by atoms with Gasteiger partial charge in [0.25, 0.3) is 0 Å². The number of nitrogens with one attached hydrogen (secondary N) is 1. The van der Waals surface area contributed by atoms with Gasteiger partial charge in [-0.25, -0.2) is 13.1 Å². The summed E-state index contributed by atoms with van der Waals surface area (Å²) in [5, 5.41) is 0. The van der Waals surface area contributed by atoms with Crippen LogP contribution in [0.2, 0.25) is 0 Å². The van der Waals surface area contributed by atoms with Crippen LogP contribution in [-0.2, 0) is 14.8 Å². The van der Waals surface area contributed by atoms with Crippen LogP contribution in [0.1, 0.15) is 0 Å². The van der Waals surface area contributed by atoms with Crippen molar-refractivity contribution in [3.05, 3.63) is 48.5 Å². The first-order valence-electron chi connectivity index (χ1n) is 7.42. The van der Waals surface area contributed by atoms with Gasteiger partial charge in [-0.2, -0.15) is 0 Å². The Kier molecular flexibility index (Phi) is 6.00. The van der Waals surface area contributed by atoms with Crippen molar-refractivity contribution in [3.63, 3.8) is 0 Å². The molecule has 0 spiro atoms. The van der Waals surface area contributed by atoms with Crippen LogP contribution in [0.15, 0.2) is 53.4 Å². The monoisotopic (exact) mass is 364 g/mol. The Morgan fingerprint density at radius 2 is 1.76 bits per heavy atom. The molecule has 0 atom stereocenters. The molecule has 0 fully saturated rings. The zero-order valence-corrected chi connectivity index (χ0v) is 15.0. The van der Waals surface area contributed by atoms with Crippen molar-refractivity contribution in [1.82, 2.24) is 4.72 Å². The van der Waals surface area contributed by atoms with E-state index in [2.05, 4.69) is 4.72 Å². The minimum Gasteiger partial charge on any atom is -0.497 e. The quantitative estimate of drug-likeness (QED) is 0.807. The molecule has 134 valence electrons. The van der Waals surface area contributed by atoms with Crippen LogP contribution < -0.4 is 19.1 Å². The van der Waals surface area contributed by atoms with E-state index in [0.29, 0.717) is 11.4 Å². The minimum atomic E-state index is -3.95. The fourth-order valence-electron chi connectivity index (χ4n) is 2.14. The van der Waals surface area contributed by atoms with Crippen LogP contribution >= 0.6 is 0 Å². The summed E-state index contributed by atoms with van der Waals surface area (Å²) >= 11 is 0. The van der Waals surface area contributed by atoms with E-state index in [0.717, 1.165) is 0 Å². The standard InChI is InChI=1S/C17H20N2O5S/c1-19(13-7-5-4-6-8-13)17(20)12-18-25(21,22)16-11-14(23-2)9-10-15(16)24-3/h4-11,18H,12H2,1-3H3. The normalized spacial score (nSPS) is 11.0. The summed E-state index contributed by atoms with van der Waals surface area (Å²) in [4.78, 5) is 13.5. The lowest BCUT2D eigenvalue weighted by Gasteiger charge is -2.18. The van der Waals surface area contributed by atoms with Crippen LogP contribution in [0, 0.1) is 0 Å². The molecule has 2 rings (SSSR count). The second-order valence-electron chi connectivity index (χ2n) is 5.13. The summed E-state index contributed by atoms with van der Waals surface area (Å²) < 4.78 is 37.5. The summed E-state index contributed by atoms with van der Waals surface area (Å²) in [6.45, 7) is -0.381. The average Bonchev–Trinajstić information content (AvgIpc) is 2.65. The number of hydrogen-bond acceptors (Lipinski definition) is 5. The molecule has 1 N–H and O–H groups in total. The Balaban J connectivity index is 2.15. The third-order valence-corrected chi connectivity index (χ3v) is 5.01. The number of nitrogens with zero attached hydrogens (tertiary/aromatic N) is 1. The number of benzene rings is 2. The lowest BCUT2D eigenvalue weighted by molar-refractivity contribution is -0.117. The van der Waals surface area contributed by atoms with Gasteiger partial charge in [-0.05, 0) is 24.3 Å². The van der Waals surface area contributed by atoms with E-state index in [9.17, 15) is 13.2 Å². The van der Waals surface area contributed by atoms with Crippen molar-refractivity contribution >= 4 is 21.6 Å². The van der Waals surface area contributed by atoms with Crippen molar-refractivity contribution in [3.8, 4) is 11.5 Å². The van der Waals surface area contributed by atoms with Crippen LogP contribution in [0.4, 0.5) is 5.69 Å². The van der Waals surface area contributed by atoms with E-state index < -0.39 is 15.9 Å². The predicted molar refractivity (Wildman–Crippen MR) is 94.6 cm³/mol. The number of sulfonamides is 1. The maximum absolute atomic E-state index is 12.5. The molecule has 0 saturated carbocycles. The molecule has 0 aromatic heterocycles. The van der Waals surface area contributed by atoms with E-state index in [1.54, 1.807) is 37.4 Å². The molecule has 1 amide bonds. The Bertz CT molecular complexity index is 837. The van der Waals surface area contributed by atoms with Crippen LogP contribution in [0.3, 0.4) is 0 Å². The topological polar surface area (TPSA) is 84.9 Å². The maximum Gasteiger partial charge on any atom is 0.244 e. The van der Waals surface area contributed by atoms with E-state index >= 15 is 0 Å².